The first-order chi connectivity index (χ1) is 8.24. The third-order valence-electron chi connectivity index (χ3n) is 2.16. The summed E-state index contributed by atoms with van der Waals surface area (Å²) >= 11 is 3.12. The van der Waals surface area contributed by atoms with Crippen LogP contribution in [-0.4, -0.2) is 27.5 Å². The molecule has 0 aliphatic rings. The number of hydrogen-bond donors (Lipinski definition) is 1. The van der Waals surface area contributed by atoms with Crippen molar-refractivity contribution in [1.82, 2.24) is 15.0 Å². The molecule has 1 aromatic heterocycles. The van der Waals surface area contributed by atoms with Crippen molar-refractivity contribution >= 4 is 29.5 Å². The lowest BCUT2D eigenvalue weighted by atomic mass is 10.2. The Morgan fingerprint density at radius 3 is 2.47 bits per heavy atom. The Morgan fingerprint density at radius 2 is 1.76 bits per heavy atom. The average molecular weight is 264 g/mol. The number of hydrogen-bond acceptors (Lipinski definition) is 6. The molecule has 2 rings (SSSR count). The summed E-state index contributed by atoms with van der Waals surface area (Å²) in [6.45, 7) is 0. The maximum absolute atomic E-state index is 5.68. The van der Waals surface area contributed by atoms with Crippen LogP contribution in [-0.2, 0) is 0 Å². The molecule has 6 heteroatoms. The van der Waals surface area contributed by atoms with Crippen molar-refractivity contribution < 1.29 is 0 Å². The Morgan fingerprint density at radius 1 is 1.00 bits per heavy atom. The van der Waals surface area contributed by atoms with Crippen molar-refractivity contribution in [2.75, 3.05) is 18.2 Å². The van der Waals surface area contributed by atoms with Gasteiger partial charge < -0.3 is 5.73 Å². The quantitative estimate of drug-likeness (QED) is 0.860. The summed E-state index contributed by atoms with van der Waals surface area (Å²) < 4.78 is 0. The monoisotopic (exact) mass is 264 g/mol. The Hall–Kier alpha value is -1.27. The van der Waals surface area contributed by atoms with Crippen LogP contribution in [0.4, 0.5) is 5.95 Å². The lowest BCUT2D eigenvalue weighted by Crippen LogP contribution is -2.01. The van der Waals surface area contributed by atoms with Crippen molar-refractivity contribution in [2.45, 2.75) is 10.1 Å². The summed E-state index contributed by atoms with van der Waals surface area (Å²) in [7, 11) is 0. The van der Waals surface area contributed by atoms with Crippen molar-refractivity contribution in [3.63, 3.8) is 0 Å². The molecule has 0 bridgehead atoms. The molecule has 0 saturated heterocycles. The van der Waals surface area contributed by atoms with Crippen LogP contribution in [0.5, 0.6) is 0 Å². The van der Waals surface area contributed by atoms with Gasteiger partial charge in [-0.2, -0.15) is 9.97 Å². The summed E-state index contributed by atoms with van der Waals surface area (Å²) in [5.74, 6) is 0.891. The van der Waals surface area contributed by atoms with Crippen LogP contribution in [0.15, 0.2) is 34.3 Å². The molecule has 0 spiro atoms. The first-order valence-electron chi connectivity index (χ1n) is 4.93. The van der Waals surface area contributed by atoms with Crippen LogP contribution >= 0.6 is 23.5 Å². The third kappa shape index (κ3) is 2.70. The van der Waals surface area contributed by atoms with Crippen LogP contribution in [0, 0.1) is 0 Å². The van der Waals surface area contributed by atoms with Gasteiger partial charge in [-0.05, 0) is 18.6 Å². The van der Waals surface area contributed by atoms with Gasteiger partial charge in [0.15, 0.2) is 11.0 Å². The highest BCUT2D eigenvalue weighted by atomic mass is 32.2. The number of rotatable bonds is 3. The molecular weight excluding hydrogens is 252 g/mol. The molecule has 0 amide bonds. The zero-order valence-electron chi connectivity index (χ0n) is 9.54. The van der Waals surface area contributed by atoms with E-state index < -0.39 is 0 Å². The number of anilines is 1. The fourth-order valence-electron chi connectivity index (χ4n) is 1.41. The summed E-state index contributed by atoms with van der Waals surface area (Å²) in [6.07, 6.45) is 3.94. The van der Waals surface area contributed by atoms with E-state index >= 15 is 0 Å². The Kier molecular flexibility index (Phi) is 3.86. The average Bonchev–Trinajstić information content (AvgIpc) is 2.37. The highest BCUT2D eigenvalue weighted by Gasteiger charge is 2.09. The first kappa shape index (κ1) is 12.2. The topological polar surface area (TPSA) is 64.7 Å². The summed E-state index contributed by atoms with van der Waals surface area (Å²) in [4.78, 5) is 13.7. The molecule has 0 fully saturated rings. The smallest absolute Gasteiger partial charge is 0.224 e. The molecule has 0 aliphatic carbocycles. The molecule has 2 N–H and O–H groups in total. The number of nitrogens with two attached hydrogens (primary N) is 1. The minimum atomic E-state index is 0.259. The zero-order chi connectivity index (χ0) is 12.3. The van der Waals surface area contributed by atoms with E-state index in [4.69, 9.17) is 5.73 Å². The predicted molar refractivity (Wildman–Crippen MR) is 73.2 cm³/mol. The van der Waals surface area contributed by atoms with E-state index in [1.165, 1.54) is 11.8 Å². The van der Waals surface area contributed by atoms with Gasteiger partial charge in [0, 0.05) is 10.5 Å². The maximum Gasteiger partial charge on any atom is 0.224 e. The third-order valence-corrected chi connectivity index (χ3v) is 3.51. The second kappa shape index (κ2) is 5.37. The molecule has 88 valence electrons. The second-order valence-corrected chi connectivity index (χ2v) is 4.83. The minimum Gasteiger partial charge on any atom is -0.368 e. The van der Waals surface area contributed by atoms with Crippen LogP contribution < -0.4 is 5.73 Å². The predicted octanol–water partition coefficient (Wildman–Crippen LogP) is 2.56. The van der Waals surface area contributed by atoms with Gasteiger partial charge >= 0.3 is 0 Å². The molecule has 1 aromatic carbocycles. The van der Waals surface area contributed by atoms with E-state index in [0.717, 1.165) is 10.5 Å². The number of nitrogen functional groups attached to an aromatic ring is 1. The SMILES string of the molecule is CSc1nc(N)nc(-c2ccccc2SC)n1. The van der Waals surface area contributed by atoms with E-state index in [1.54, 1.807) is 11.8 Å². The van der Waals surface area contributed by atoms with Crippen LogP contribution in [0.1, 0.15) is 0 Å². The molecule has 1 heterocycles. The summed E-state index contributed by atoms with van der Waals surface area (Å²) in [5.41, 5.74) is 6.67. The molecule has 0 unspecified atom stereocenters. The molecule has 0 atom stereocenters. The molecule has 17 heavy (non-hydrogen) atoms. The van der Waals surface area contributed by atoms with Gasteiger partial charge in [0.2, 0.25) is 5.95 Å². The van der Waals surface area contributed by atoms with E-state index in [2.05, 4.69) is 15.0 Å². The van der Waals surface area contributed by atoms with Gasteiger partial charge in [0.25, 0.3) is 0 Å². The fourth-order valence-corrected chi connectivity index (χ4v) is 2.37. The fraction of sp³-hybridized carbons (Fsp3) is 0.182. The van der Waals surface area contributed by atoms with Gasteiger partial charge in [-0.25, -0.2) is 4.98 Å². The van der Waals surface area contributed by atoms with E-state index in [1.807, 2.05) is 36.8 Å². The van der Waals surface area contributed by atoms with Crippen LogP contribution in [0.2, 0.25) is 0 Å². The van der Waals surface area contributed by atoms with Crippen LogP contribution in [0.25, 0.3) is 11.4 Å². The molecule has 0 radical (unpaired) electrons. The van der Waals surface area contributed by atoms with Crippen LogP contribution in [0.3, 0.4) is 0 Å². The summed E-state index contributed by atoms with van der Waals surface area (Å²) in [6, 6.07) is 7.99. The number of thioether (sulfide) groups is 2. The van der Waals surface area contributed by atoms with E-state index in [9.17, 15) is 0 Å². The Labute approximate surface area is 108 Å². The van der Waals surface area contributed by atoms with Gasteiger partial charge in [-0.15, -0.1) is 11.8 Å². The Balaban J connectivity index is 2.55. The number of benzene rings is 1. The van der Waals surface area contributed by atoms with Crippen molar-refractivity contribution in [1.29, 1.82) is 0 Å². The maximum atomic E-state index is 5.68. The normalized spacial score (nSPS) is 10.5. The Bertz CT molecular complexity index is 531. The van der Waals surface area contributed by atoms with Crippen molar-refractivity contribution in [3.8, 4) is 11.4 Å². The first-order valence-corrected chi connectivity index (χ1v) is 7.38. The minimum absolute atomic E-state index is 0.259. The zero-order valence-corrected chi connectivity index (χ0v) is 11.2. The molecule has 2 aromatic rings. The lowest BCUT2D eigenvalue weighted by molar-refractivity contribution is 0.924. The summed E-state index contributed by atoms with van der Waals surface area (Å²) in [5, 5.41) is 0.642. The van der Waals surface area contributed by atoms with E-state index in [-0.39, 0.29) is 5.95 Å². The standard InChI is InChI=1S/C11H12N4S2/c1-16-8-6-4-3-5-7(8)9-13-10(12)15-11(14-9)17-2/h3-6H,1-2H3,(H2,12,13,14,15). The van der Waals surface area contributed by atoms with Crippen molar-refractivity contribution in [2.24, 2.45) is 0 Å². The second-order valence-electron chi connectivity index (χ2n) is 3.20. The van der Waals surface area contributed by atoms with Gasteiger partial charge in [0.05, 0.1) is 0 Å². The highest BCUT2D eigenvalue weighted by molar-refractivity contribution is 7.98. The molecule has 4 nitrogen and oxygen atoms in total. The highest BCUT2D eigenvalue weighted by Crippen LogP contribution is 2.28. The van der Waals surface area contributed by atoms with Gasteiger partial charge in [-0.1, -0.05) is 30.0 Å². The van der Waals surface area contributed by atoms with E-state index in [0.29, 0.717) is 11.0 Å². The molecule has 0 aliphatic heterocycles. The molecular formula is C11H12N4S2. The number of nitrogens with zero attached hydrogens (tertiary/aromatic N) is 3. The van der Waals surface area contributed by atoms with Gasteiger partial charge in [0.1, 0.15) is 0 Å². The largest absolute Gasteiger partial charge is 0.368 e. The molecule has 0 saturated carbocycles. The number of aromatic nitrogens is 3. The van der Waals surface area contributed by atoms with Crippen molar-refractivity contribution in [3.05, 3.63) is 24.3 Å². The van der Waals surface area contributed by atoms with Gasteiger partial charge in [-0.3, -0.25) is 0 Å². The lowest BCUT2D eigenvalue weighted by Gasteiger charge is -2.06.